The molecule has 0 bridgehead atoms. The summed E-state index contributed by atoms with van der Waals surface area (Å²) in [6.07, 6.45) is 29.4. The lowest BCUT2D eigenvalue weighted by Crippen LogP contribution is -2.07. The van der Waals surface area contributed by atoms with Crippen LogP contribution in [-0.4, -0.2) is 15.0 Å². The first-order valence-corrected chi connectivity index (χ1v) is 8.76. The van der Waals surface area contributed by atoms with Crippen LogP contribution < -0.4 is 5.32 Å². The Kier molecular flexibility index (Phi) is 6.51. The molecule has 130 valence electrons. The Balaban J connectivity index is 1.85. The molecule has 3 rings (SSSR count). The topological polar surface area (TPSA) is 50.7 Å². The van der Waals surface area contributed by atoms with E-state index >= 15 is 0 Å². The van der Waals surface area contributed by atoms with Gasteiger partial charge in [-0.3, -0.25) is 0 Å². The normalized spacial score (nSPS) is 28.0. The number of nitrogens with one attached hydrogen (secondary N) is 1. The van der Waals surface area contributed by atoms with Crippen LogP contribution in [0.3, 0.4) is 0 Å². The van der Waals surface area contributed by atoms with E-state index in [4.69, 9.17) is 11.6 Å². The van der Waals surface area contributed by atoms with Crippen molar-refractivity contribution in [2.75, 3.05) is 5.32 Å². The first-order valence-electron chi connectivity index (χ1n) is 8.38. The third-order valence-electron chi connectivity index (χ3n) is 3.60. The van der Waals surface area contributed by atoms with Crippen LogP contribution >= 0.6 is 11.6 Å². The maximum absolute atomic E-state index is 6.14. The van der Waals surface area contributed by atoms with Gasteiger partial charge in [0.1, 0.15) is 0 Å². The van der Waals surface area contributed by atoms with Gasteiger partial charge in [0.2, 0.25) is 11.2 Å². The smallest absolute Gasteiger partial charge is 0.231 e. The largest absolute Gasteiger partial charge is 0.327 e. The minimum Gasteiger partial charge on any atom is -0.327 e. The summed E-state index contributed by atoms with van der Waals surface area (Å²) in [7, 11) is 0. The molecule has 0 spiro atoms. The maximum Gasteiger partial charge on any atom is 0.231 e. The van der Waals surface area contributed by atoms with E-state index in [1.54, 1.807) is 0 Å². The number of halogens is 1. The second-order valence-corrected chi connectivity index (χ2v) is 5.90. The summed E-state index contributed by atoms with van der Waals surface area (Å²) < 4.78 is 0. The average molecular weight is 363 g/mol. The average Bonchev–Trinajstić information content (AvgIpc) is 2.84. The van der Waals surface area contributed by atoms with Crippen molar-refractivity contribution in [3.8, 4) is 0 Å². The molecule has 1 aromatic rings. The predicted octanol–water partition coefficient (Wildman–Crippen LogP) is 5.35. The predicted molar refractivity (Wildman–Crippen MR) is 109 cm³/mol. The second-order valence-electron chi connectivity index (χ2n) is 5.56. The maximum atomic E-state index is 6.14. The Hall–Kier alpha value is -2.98. The van der Waals surface area contributed by atoms with Crippen LogP contribution in [0.1, 0.15) is 18.7 Å². The first kappa shape index (κ1) is 17.8. The molecule has 0 radical (unpaired) electrons. The zero-order valence-corrected chi connectivity index (χ0v) is 15.0. The Morgan fingerprint density at radius 1 is 0.692 bits per heavy atom. The van der Waals surface area contributed by atoms with Crippen molar-refractivity contribution in [2.45, 2.75) is 12.8 Å². The fourth-order valence-electron chi connectivity index (χ4n) is 2.36. The zero-order chi connectivity index (χ0) is 18.0. The zero-order valence-electron chi connectivity index (χ0n) is 14.2. The molecule has 0 saturated carbocycles. The van der Waals surface area contributed by atoms with Crippen molar-refractivity contribution in [3.05, 3.63) is 102 Å². The lowest BCUT2D eigenvalue weighted by molar-refractivity contribution is 0.999. The molecule has 1 aromatic heterocycles. The van der Waals surface area contributed by atoms with Crippen molar-refractivity contribution >= 4 is 23.1 Å². The minimum absolute atomic E-state index is 0.167. The Bertz CT molecular complexity index is 883. The van der Waals surface area contributed by atoms with Crippen LogP contribution in [0, 0.1) is 0 Å². The molecule has 1 N–H and O–H groups in total. The van der Waals surface area contributed by atoms with Gasteiger partial charge in [-0.1, -0.05) is 79.0 Å². The highest BCUT2D eigenvalue weighted by atomic mass is 35.5. The van der Waals surface area contributed by atoms with Crippen LogP contribution in [0.5, 0.6) is 0 Å². The number of nitrogens with zero attached hydrogens (tertiary/aromatic N) is 3. The van der Waals surface area contributed by atoms with Gasteiger partial charge in [0.15, 0.2) is 5.82 Å². The molecule has 26 heavy (non-hydrogen) atoms. The third kappa shape index (κ3) is 5.53. The van der Waals surface area contributed by atoms with Gasteiger partial charge in [0.25, 0.3) is 0 Å². The summed E-state index contributed by atoms with van der Waals surface area (Å²) in [5.41, 5.74) is 1.95. The van der Waals surface area contributed by atoms with E-state index in [0.717, 1.165) is 17.7 Å². The van der Waals surface area contributed by atoms with E-state index in [1.807, 2.05) is 72.9 Å². The van der Waals surface area contributed by atoms with Crippen molar-refractivity contribution in [2.24, 2.45) is 0 Å². The molecule has 0 amide bonds. The summed E-state index contributed by atoms with van der Waals surface area (Å²) in [6.45, 7) is 0. The lowest BCUT2D eigenvalue weighted by atomic mass is 10.1. The van der Waals surface area contributed by atoms with Crippen LogP contribution in [0.2, 0.25) is 5.28 Å². The van der Waals surface area contributed by atoms with Gasteiger partial charge < -0.3 is 5.32 Å². The van der Waals surface area contributed by atoms with E-state index < -0.39 is 0 Å². The van der Waals surface area contributed by atoms with Crippen molar-refractivity contribution in [1.82, 2.24) is 15.0 Å². The van der Waals surface area contributed by atoms with E-state index in [1.165, 1.54) is 0 Å². The number of hydrogen-bond acceptors (Lipinski definition) is 4. The fraction of sp³-hybridized carbons (Fsp3) is 0.0952. The highest BCUT2D eigenvalue weighted by Crippen LogP contribution is 2.20. The molecule has 1 heterocycles. The Morgan fingerprint density at radius 2 is 1.35 bits per heavy atom. The molecular weight excluding hydrogens is 344 g/mol. The SMILES string of the molecule is Clc1nc(N/C2=C/C=C\C=C/C=C\C2)nc(/C2=C/C=C\C=C/C=C\C2)n1. The number of anilines is 1. The first-order chi connectivity index (χ1) is 12.8. The van der Waals surface area contributed by atoms with Gasteiger partial charge >= 0.3 is 0 Å². The highest BCUT2D eigenvalue weighted by Gasteiger charge is 2.10. The van der Waals surface area contributed by atoms with Crippen LogP contribution in [0.25, 0.3) is 5.57 Å². The van der Waals surface area contributed by atoms with Gasteiger partial charge in [-0.2, -0.15) is 15.0 Å². The number of allylic oxidation sites excluding steroid dienone is 15. The Labute approximate surface area is 158 Å². The van der Waals surface area contributed by atoms with Gasteiger partial charge in [-0.05, 0) is 24.1 Å². The van der Waals surface area contributed by atoms with Crippen molar-refractivity contribution in [3.63, 3.8) is 0 Å². The summed E-state index contributed by atoms with van der Waals surface area (Å²) in [5, 5.41) is 3.41. The van der Waals surface area contributed by atoms with Crippen molar-refractivity contribution in [1.29, 1.82) is 0 Å². The lowest BCUT2D eigenvalue weighted by Gasteiger charge is -2.10. The molecule has 0 atom stereocenters. The fourth-order valence-corrected chi connectivity index (χ4v) is 2.52. The summed E-state index contributed by atoms with van der Waals surface area (Å²) in [6, 6.07) is 0. The monoisotopic (exact) mass is 362 g/mol. The van der Waals surface area contributed by atoms with Gasteiger partial charge in [0, 0.05) is 17.7 Å². The highest BCUT2D eigenvalue weighted by molar-refractivity contribution is 6.28. The van der Waals surface area contributed by atoms with Gasteiger partial charge in [0.05, 0.1) is 0 Å². The van der Waals surface area contributed by atoms with Crippen LogP contribution in [0.15, 0.2) is 90.8 Å². The molecule has 2 aliphatic rings. The molecular formula is C21H19ClN4. The summed E-state index contributed by atoms with van der Waals surface area (Å²) >= 11 is 6.14. The molecule has 0 fully saturated rings. The summed E-state index contributed by atoms with van der Waals surface area (Å²) in [5.74, 6) is 1.01. The molecule has 0 saturated heterocycles. The number of hydrogen-bond donors (Lipinski definition) is 1. The van der Waals surface area contributed by atoms with Gasteiger partial charge in [-0.15, -0.1) is 0 Å². The molecule has 4 nitrogen and oxygen atoms in total. The third-order valence-corrected chi connectivity index (χ3v) is 3.77. The van der Waals surface area contributed by atoms with Crippen LogP contribution in [0.4, 0.5) is 5.95 Å². The Morgan fingerprint density at radius 3 is 2.15 bits per heavy atom. The quantitative estimate of drug-likeness (QED) is 0.787. The van der Waals surface area contributed by atoms with E-state index in [2.05, 4.69) is 32.4 Å². The van der Waals surface area contributed by atoms with Crippen molar-refractivity contribution < 1.29 is 0 Å². The molecule has 2 aliphatic carbocycles. The van der Waals surface area contributed by atoms with Gasteiger partial charge in [-0.25, -0.2) is 0 Å². The standard InChI is InChI=1S/C21H19ClN4/c22-20-24-19(17-13-9-5-1-2-6-10-14-17)25-21(26-20)23-18-15-11-7-3-4-8-12-16-18/h1-13,15H,14,16H2,(H,23,24,25,26)/b2-1-,4-3-,9-5-,10-6-,11-7-,12-8-,17-13+,18-15+. The minimum atomic E-state index is 0.167. The molecule has 5 heteroatoms. The summed E-state index contributed by atoms with van der Waals surface area (Å²) in [4.78, 5) is 13.1. The second kappa shape index (κ2) is 9.49. The van der Waals surface area contributed by atoms with E-state index in [-0.39, 0.29) is 5.28 Å². The van der Waals surface area contributed by atoms with Crippen LogP contribution in [-0.2, 0) is 0 Å². The van der Waals surface area contributed by atoms with E-state index in [9.17, 15) is 0 Å². The molecule has 0 aliphatic heterocycles. The molecule has 0 aromatic carbocycles. The number of rotatable bonds is 3. The number of aromatic nitrogens is 3. The molecule has 0 unspecified atom stereocenters. The van der Waals surface area contributed by atoms with E-state index in [0.29, 0.717) is 18.2 Å².